The van der Waals surface area contributed by atoms with Crippen LogP contribution in [0.15, 0.2) is 0 Å². The molecular formula is C11H20O4. The molecule has 0 aliphatic rings. The third kappa shape index (κ3) is 6.94. The van der Waals surface area contributed by atoms with Crippen molar-refractivity contribution in [1.82, 2.24) is 0 Å². The van der Waals surface area contributed by atoms with Crippen molar-refractivity contribution in [1.29, 1.82) is 0 Å². The van der Waals surface area contributed by atoms with Gasteiger partial charge in [0.05, 0.1) is 18.4 Å². The lowest BCUT2D eigenvalue weighted by Crippen LogP contribution is -2.22. The summed E-state index contributed by atoms with van der Waals surface area (Å²) in [7, 11) is 0. The number of carboxylic acid groups (broad SMARTS) is 1. The normalized spacial score (nSPS) is 12.9. The van der Waals surface area contributed by atoms with E-state index in [0.29, 0.717) is 6.42 Å². The van der Waals surface area contributed by atoms with Crippen LogP contribution in [-0.2, 0) is 14.3 Å². The van der Waals surface area contributed by atoms with Gasteiger partial charge in [-0.05, 0) is 26.2 Å². The maximum absolute atomic E-state index is 11.3. The van der Waals surface area contributed by atoms with Crippen molar-refractivity contribution in [2.45, 2.75) is 46.6 Å². The molecule has 0 spiro atoms. The number of ether oxygens (including phenoxy) is 1. The van der Waals surface area contributed by atoms with Gasteiger partial charge in [0.15, 0.2) is 0 Å². The Morgan fingerprint density at radius 3 is 2.07 bits per heavy atom. The van der Waals surface area contributed by atoms with Crippen molar-refractivity contribution in [2.24, 2.45) is 11.8 Å². The molecule has 0 aliphatic heterocycles. The third-order valence-corrected chi connectivity index (χ3v) is 1.89. The maximum atomic E-state index is 11.3. The van der Waals surface area contributed by atoms with Crippen LogP contribution >= 0.6 is 0 Å². The van der Waals surface area contributed by atoms with E-state index in [1.807, 2.05) is 13.8 Å². The average molecular weight is 216 g/mol. The molecule has 88 valence electrons. The Kier molecular flexibility index (Phi) is 5.97. The van der Waals surface area contributed by atoms with E-state index in [1.54, 1.807) is 13.8 Å². The van der Waals surface area contributed by atoms with E-state index in [0.717, 1.165) is 0 Å². The standard InChI is InChI=1S/C11H20O4/c1-7(2)5-9(11(13)14)6-10(12)15-8(3)4/h7-9H,5-6H2,1-4H3,(H,13,14). The van der Waals surface area contributed by atoms with Gasteiger partial charge < -0.3 is 9.84 Å². The van der Waals surface area contributed by atoms with Crippen LogP contribution in [0.2, 0.25) is 0 Å². The Bertz CT molecular complexity index is 221. The van der Waals surface area contributed by atoms with Crippen LogP contribution in [0.3, 0.4) is 0 Å². The smallest absolute Gasteiger partial charge is 0.307 e. The minimum absolute atomic E-state index is 0.0360. The molecule has 0 heterocycles. The number of carboxylic acids is 1. The zero-order valence-corrected chi connectivity index (χ0v) is 9.82. The number of hydrogen-bond donors (Lipinski definition) is 1. The summed E-state index contributed by atoms with van der Waals surface area (Å²) in [5, 5.41) is 8.90. The second-order valence-electron chi connectivity index (χ2n) is 4.41. The van der Waals surface area contributed by atoms with Gasteiger partial charge in [-0.2, -0.15) is 0 Å². The fraction of sp³-hybridized carbons (Fsp3) is 0.818. The van der Waals surface area contributed by atoms with Crippen LogP contribution in [0.1, 0.15) is 40.5 Å². The molecule has 1 atom stereocenters. The lowest BCUT2D eigenvalue weighted by molar-refractivity contribution is -0.154. The summed E-state index contributed by atoms with van der Waals surface area (Å²) in [5.41, 5.74) is 0. The van der Waals surface area contributed by atoms with Gasteiger partial charge >= 0.3 is 11.9 Å². The first-order valence-corrected chi connectivity index (χ1v) is 5.25. The zero-order chi connectivity index (χ0) is 12.0. The molecule has 0 aromatic rings. The lowest BCUT2D eigenvalue weighted by Gasteiger charge is -2.15. The van der Waals surface area contributed by atoms with E-state index in [1.165, 1.54) is 0 Å². The topological polar surface area (TPSA) is 63.6 Å². The van der Waals surface area contributed by atoms with Gasteiger partial charge in [-0.25, -0.2) is 0 Å². The Hall–Kier alpha value is -1.06. The summed E-state index contributed by atoms with van der Waals surface area (Å²) in [6.07, 6.45) is 0.278. The molecule has 0 bridgehead atoms. The molecule has 0 saturated heterocycles. The first kappa shape index (κ1) is 13.9. The van der Waals surface area contributed by atoms with Gasteiger partial charge in [0, 0.05) is 0 Å². The van der Waals surface area contributed by atoms with E-state index in [9.17, 15) is 9.59 Å². The Labute approximate surface area is 90.6 Å². The summed E-state index contributed by atoms with van der Waals surface area (Å²) in [6.45, 7) is 7.36. The number of hydrogen-bond acceptors (Lipinski definition) is 3. The highest BCUT2D eigenvalue weighted by molar-refractivity contribution is 5.78. The van der Waals surface area contributed by atoms with E-state index < -0.39 is 17.9 Å². The molecule has 0 aliphatic carbocycles. The van der Waals surface area contributed by atoms with Crippen molar-refractivity contribution in [3.8, 4) is 0 Å². The molecule has 4 heteroatoms. The van der Waals surface area contributed by atoms with Crippen molar-refractivity contribution in [3.05, 3.63) is 0 Å². The Balaban J connectivity index is 4.16. The van der Waals surface area contributed by atoms with Crippen molar-refractivity contribution in [2.75, 3.05) is 0 Å². The largest absolute Gasteiger partial charge is 0.481 e. The molecule has 0 aromatic heterocycles. The number of rotatable bonds is 6. The first-order valence-electron chi connectivity index (χ1n) is 5.25. The van der Waals surface area contributed by atoms with Gasteiger partial charge in [-0.15, -0.1) is 0 Å². The number of carbonyl (C=O) groups excluding carboxylic acids is 1. The van der Waals surface area contributed by atoms with Gasteiger partial charge in [-0.1, -0.05) is 13.8 Å². The van der Waals surface area contributed by atoms with E-state index in [2.05, 4.69) is 0 Å². The number of carbonyl (C=O) groups is 2. The second kappa shape index (κ2) is 6.43. The van der Waals surface area contributed by atoms with Gasteiger partial charge in [-0.3, -0.25) is 9.59 Å². The molecule has 0 fully saturated rings. The molecular weight excluding hydrogens is 196 g/mol. The summed E-state index contributed by atoms with van der Waals surface area (Å²) in [6, 6.07) is 0. The molecule has 0 aromatic carbocycles. The van der Waals surface area contributed by atoms with Crippen LogP contribution in [0.4, 0.5) is 0 Å². The predicted octanol–water partition coefficient (Wildman–Crippen LogP) is 2.07. The Morgan fingerprint density at radius 2 is 1.73 bits per heavy atom. The highest BCUT2D eigenvalue weighted by Crippen LogP contribution is 2.16. The number of aliphatic carboxylic acids is 1. The third-order valence-electron chi connectivity index (χ3n) is 1.89. The van der Waals surface area contributed by atoms with Crippen molar-refractivity contribution >= 4 is 11.9 Å². The Morgan fingerprint density at radius 1 is 1.20 bits per heavy atom. The molecule has 0 rings (SSSR count). The van der Waals surface area contributed by atoms with Gasteiger partial charge in [0.1, 0.15) is 0 Å². The van der Waals surface area contributed by atoms with Crippen molar-refractivity contribution < 1.29 is 19.4 Å². The van der Waals surface area contributed by atoms with Crippen molar-refractivity contribution in [3.63, 3.8) is 0 Å². The zero-order valence-electron chi connectivity index (χ0n) is 9.82. The predicted molar refractivity (Wildman–Crippen MR) is 56.4 cm³/mol. The highest BCUT2D eigenvalue weighted by Gasteiger charge is 2.23. The van der Waals surface area contributed by atoms with Gasteiger partial charge in [0.2, 0.25) is 0 Å². The minimum atomic E-state index is -0.926. The highest BCUT2D eigenvalue weighted by atomic mass is 16.5. The summed E-state index contributed by atoms with van der Waals surface area (Å²) in [5.74, 6) is -1.73. The SMILES string of the molecule is CC(C)CC(CC(=O)OC(C)C)C(=O)O. The maximum Gasteiger partial charge on any atom is 0.307 e. The average Bonchev–Trinajstić information content (AvgIpc) is 1.99. The monoisotopic (exact) mass is 216 g/mol. The quantitative estimate of drug-likeness (QED) is 0.690. The molecule has 15 heavy (non-hydrogen) atoms. The fourth-order valence-electron chi connectivity index (χ4n) is 1.35. The first-order chi connectivity index (χ1) is 6.82. The molecule has 0 amide bonds. The summed E-state index contributed by atoms with van der Waals surface area (Å²) < 4.78 is 4.91. The summed E-state index contributed by atoms with van der Waals surface area (Å²) >= 11 is 0. The summed E-state index contributed by atoms with van der Waals surface area (Å²) in [4.78, 5) is 22.1. The van der Waals surface area contributed by atoms with E-state index >= 15 is 0 Å². The molecule has 0 radical (unpaired) electrons. The molecule has 4 nitrogen and oxygen atoms in total. The van der Waals surface area contributed by atoms with Crippen LogP contribution in [-0.4, -0.2) is 23.1 Å². The molecule has 0 saturated carbocycles. The van der Waals surface area contributed by atoms with Gasteiger partial charge in [0.25, 0.3) is 0 Å². The second-order valence-corrected chi connectivity index (χ2v) is 4.41. The number of esters is 1. The van der Waals surface area contributed by atoms with Crippen LogP contribution in [0.25, 0.3) is 0 Å². The van der Waals surface area contributed by atoms with E-state index in [-0.39, 0.29) is 18.4 Å². The molecule has 1 unspecified atom stereocenters. The lowest BCUT2D eigenvalue weighted by atomic mass is 9.94. The minimum Gasteiger partial charge on any atom is -0.481 e. The molecule has 1 N–H and O–H groups in total. The fourth-order valence-corrected chi connectivity index (χ4v) is 1.35. The van der Waals surface area contributed by atoms with E-state index in [4.69, 9.17) is 9.84 Å². The van der Waals surface area contributed by atoms with Crippen LogP contribution in [0, 0.1) is 11.8 Å². The van der Waals surface area contributed by atoms with Crippen LogP contribution < -0.4 is 0 Å². The van der Waals surface area contributed by atoms with Crippen LogP contribution in [0.5, 0.6) is 0 Å².